The van der Waals surface area contributed by atoms with Gasteiger partial charge in [0, 0.05) is 5.69 Å². The number of amides is 4. The Balaban J connectivity index is 1.84. The monoisotopic (exact) mass is 375 g/mol. The summed E-state index contributed by atoms with van der Waals surface area (Å²) in [6.07, 6.45) is 1.75. The molecular formula is C19H25N3O5. The number of anilines is 1. The number of urea groups is 1. The second-order valence-corrected chi connectivity index (χ2v) is 6.37. The van der Waals surface area contributed by atoms with Crippen LogP contribution in [0.15, 0.2) is 24.3 Å². The number of esters is 1. The smallest absolute Gasteiger partial charge is 0.326 e. The molecule has 0 aromatic heterocycles. The SMILES string of the molecule is CCc1ccc(NC(=O)COC(=O)CN2C(=O)NC(CC)(CC)C2=O)cc1. The van der Waals surface area contributed by atoms with E-state index in [1.54, 1.807) is 26.0 Å². The Morgan fingerprint density at radius 1 is 1.11 bits per heavy atom. The van der Waals surface area contributed by atoms with Gasteiger partial charge in [0.05, 0.1) is 0 Å². The Bertz CT molecular complexity index is 725. The first-order valence-corrected chi connectivity index (χ1v) is 9.03. The van der Waals surface area contributed by atoms with E-state index in [1.807, 2.05) is 19.1 Å². The summed E-state index contributed by atoms with van der Waals surface area (Å²) in [4.78, 5) is 49.1. The summed E-state index contributed by atoms with van der Waals surface area (Å²) in [5, 5.41) is 5.24. The van der Waals surface area contributed by atoms with Crippen LogP contribution < -0.4 is 10.6 Å². The highest BCUT2D eigenvalue weighted by atomic mass is 16.5. The molecule has 1 aliphatic heterocycles. The molecule has 1 saturated heterocycles. The lowest BCUT2D eigenvalue weighted by Crippen LogP contribution is -2.46. The highest BCUT2D eigenvalue weighted by Gasteiger charge is 2.49. The number of carbonyl (C=O) groups excluding carboxylic acids is 4. The third-order valence-electron chi connectivity index (χ3n) is 4.75. The fourth-order valence-electron chi connectivity index (χ4n) is 2.89. The molecule has 0 atom stereocenters. The molecule has 0 spiro atoms. The zero-order valence-electron chi connectivity index (χ0n) is 15.8. The van der Waals surface area contributed by atoms with E-state index in [1.165, 1.54) is 0 Å². The summed E-state index contributed by atoms with van der Waals surface area (Å²) in [6.45, 7) is 4.60. The van der Waals surface area contributed by atoms with E-state index >= 15 is 0 Å². The minimum absolute atomic E-state index is 0.429. The van der Waals surface area contributed by atoms with Gasteiger partial charge in [0.1, 0.15) is 12.1 Å². The third kappa shape index (κ3) is 4.64. The molecule has 0 radical (unpaired) electrons. The van der Waals surface area contributed by atoms with Crippen LogP contribution in [0.4, 0.5) is 10.5 Å². The van der Waals surface area contributed by atoms with Crippen molar-refractivity contribution in [3.05, 3.63) is 29.8 Å². The Morgan fingerprint density at radius 2 is 1.74 bits per heavy atom. The molecule has 0 unspecified atom stereocenters. The summed E-state index contributed by atoms with van der Waals surface area (Å²) >= 11 is 0. The second-order valence-electron chi connectivity index (χ2n) is 6.37. The molecule has 2 rings (SSSR count). The first kappa shape index (κ1) is 20.4. The van der Waals surface area contributed by atoms with Crippen molar-refractivity contribution in [2.75, 3.05) is 18.5 Å². The first-order valence-electron chi connectivity index (χ1n) is 9.03. The highest BCUT2D eigenvalue weighted by Crippen LogP contribution is 2.24. The van der Waals surface area contributed by atoms with E-state index in [0.717, 1.165) is 16.9 Å². The summed E-state index contributed by atoms with van der Waals surface area (Å²) < 4.78 is 4.89. The van der Waals surface area contributed by atoms with Gasteiger partial charge in [-0.2, -0.15) is 0 Å². The largest absolute Gasteiger partial charge is 0.454 e. The van der Waals surface area contributed by atoms with Gasteiger partial charge in [-0.1, -0.05) is 32.9 Å². The van der Waals surface area contributed by atoms with Gasteiger partial charge < -0.3 is 15.4 Å². The maximum atomic E-state index is 12.4. The Morgan fingerprint density at radius 3 is 2.26 bits per heavy atom. The Labute approximate surface area is 158 Å². The number of imide groups is 1. The molecule has 1 aromatic rings. The Hall–Kier alpha value is -2.90. The van der Waals surface area contributed by atoms with Gasteiger partial charge in [0.15, 0.2) is 6.61 Å². The topological polar surface area (TPSA) is 105 Å². The average molecular weight is 375 g/mol. The molecular weight excluding hydrogens is 350 g/mol. The molecule has 0 aliphatic carbocycles. The van der Waals surface area contributed by atoms with Gasteiger partial charge in [0.25, 0.3) is 11.8 Å². The van der Waals surface area contributed by atoms with Crippen molar-refractivity contribution in [1.29, 1.82) is 0 Å². The van der Waals surface area contributed by atoms with Crippen LogP contribution in [-0.2, 0) is 25.5 Å². The number of benzene rings is 1. The van der Waals surface area contributed by atoms with E-state index in [2.05, 4.69) is 10.6 Å². The molecule has 4 amide bonds. The summed E-state index contributed by atoms with van der Waals surface area (Å²) in [5.41, 5.74) is 0.764. The molecule has 1 heterocycles. The number of rotatable bonds is 8. The van der Waals surface area contributed by atoms with Crippen LogP contribution in [0.1, 0.15) is 39.2 Å². The molecule has 8 nitrogen and oxygen atoms in total. The van der Waals surface area contributed by atoms with Crippen molar-refractivity contribution in [2.24, 2.45) is 0 Å². The van der Waals surface area contributed by atoms with E-state index in [9.17, 15) is 19.2 Å². The maximum Gasteiger partial charge on any atom is 0.326 e. The number of nitrogens with zero attached hydrogens (tertiary/aromatic N) is 1. The van der Waals surface area contributed by atoms with Crippen LogP contribution in [0.2, 0.25) is 0 Å². The van der Waals surface area contributed by atoms with E-state index < -0.39 is 42.5 Å². The molecule has 0 bridgehead atoms. The molecule has 27 heavy (non-hydrogen) atoms. The van der Waals surface area contributed by atoms with Crippen LogP contribution >= 0.6 is 0 Å². The molecule has 1 aromatic carbocycles. The molecule has 1 aliphatic rings. The zero-order valence-corrected chi connectivity index (χ0v) is 15.8. The number of ether oxygens (including phenoxy) is 1. The minimum Gasteiger partial charge on any atom is -0.454 e. The lowest BCUT2D eigenvalue weighted by Gasteiger charge is -2.22. The number of hydrogen-bond acceptors (Lipinski definition) is 5. The second kappa shape index (κ2) is 8.66. The first-order chi connectivity index (χ1) is 12.8. The maximum absolute atomic E-state index is 12.4. The van der Waals surface area contributed by atoms with Gasteiger partial charge in [-0.05, 0) is 37.0 Å². The standard InChI is InChI=1S/C19H25N3O5/c1-4-13-7-9-14(10-8-13)20-15(23)12-27-16(24)11-22-17(25)19(5-2,6-3)21-18(22)26/h7-10H,4-6,11-12H2,1-3H3,(H,20,23)(H,21,26). The van der Waals surface area contributed by atoms with E-state index in [4.69, 9.17) is 4.74 Å². The fourth-order valence-corrected chi connectivity index (χ4v) is 2.89. The third-order valence-corrected chi connectivity index (χ3v) is 4.75. The lowest BCUT2D eigenvalue weighted by molar-refractivity contribution is -0.150. The number of carbonyl (C=O) groups is 4. The number of hydrogen-bond donors (Lipinski definition) is 2. The van der Waals surface area contributed by atoms with E-state index in [-0.39, 0.29) is 0 Å². The van der Waals surface area contributed by atoms with Crippen LogP contribution in [-0.4, -0.2) is 47.4 Å². The van der Waals surface area contributed by atoms with Crippen LogP contribution in [0.5, 0.6) is 0 Å². The quantitative estimate of drug-likeness (QED) is 0.533. The molecule has 0 saturated carbocycles. The average Bonchev–Trinajstić information content (AvgIpc) is 2.91. The molecule has 146 valence electrons. The fraction of sp³-hybridized carbons (Fsp3) is 0.474. The number of aryl methyl sites for hydroxylation is 1. The van der Waals surface area contributed by atoms with Gasteiger partial charge >= 0.3 is 12.0 Å². The van der Waals surface area contributed by atoms with Crippen molar-refractivity contribution in [2.45, 2.75) is 45.6 Å². The normalized spacial score (nSPS) is 15.4. The summed E-state index contributed by atoms with van der Waals surface area (Å²) in [7, 11) is 0. The minimum atomic E-state index is -0.973. The summed E-state index contributed by atoms with van der Waals surface area (Å²) in [6, 6.07) is 6.70. The zero-order chi connectivity index (χ0) is 20.0. The predicted molar refractivity (Wildman–Crippen MR) is 99.0 cm³/mol. The van der Waals surface area contributed by atoms with Gasteiger partial charge in [-0.25, -0.2) is 4.79 Å². The van der Waals surface area contributed by atoms with Crippen LogP contribution in [0.25, 0.3) is 0 Å². The van der Waals surface area contributed by atoms with Crippen LogP contribution in [0.3, 0.4) is 0 Å². The molecule has 8 heteroatoms. The lowest BCUT2D eigenvalue weighted by atomic mass is 9.93. The summed E-state index contributed by atoms with van der Waals surface area (Å²) in [5.74, 6) is -1.77. The predicted octanol–water partition coefficient (Wildman–Crippen LogP) is 1.84. The Kier molecular flexibility index (Phi) is 6.55. The molecule has 1 fully saturated rings. The highest BCUT2D eigenvalue weighted by molar-refractivity contribution is 6.08. The van der Waals surface area contributed by atoms with Crippen molar-refractivity contribution < 1.29 is 23.9 Å². The van der Waals surface area contributed by atoms with E-state index in [0.29, 0.717) is 18.5 Å². The van der Waals surface area contributed by atoms with Crippen LogP contribution in [0, 0.1) is 0 Å². The van der Waals surface area contributed by atoms with Crippen molar-refractivity contribution >= 4 is 29.5 Å². The number of nitrogens with one attached hydrogen (secondary N) is 2. The van der Waals surface area contributed by atoms with Crippen molar-refractivity contribution in [1.82, 2.24) is 10.2 Å². The molecule has 2 N–H and O–H groups in total. The van der Waals surface area contributed by atoms with Gasteiger partial charge in [-0.15, -0.1) is 0 Å². The van der Waals surface area contributed by atoms with Gasteiger partial charge in [0.2, 0.25) is 0 Å². The van der Waals surface area contributed by atoms with Crippen molar-refractivity contribution in [3.63, 3.8) is 0 Å². The van der Waals surface area contributed by atoms with Crippen molar-refractivity contribution in [3.8, 4) is 0 Å². The van der Waals surface area contributed by atoms with Gasteiger partial charge in [-0.3, -0.25) is 19.3 Å².